The van der Waals surface area contributed by atoms with Crippen molar-refractivity contribution in [3.8, 4) is 0 Å². The number of fused-ring (bicyclic) bond motifs is 1. The number of hydrogen-bond donors (Lipinski definition) is 1. The normalized spacial score (nSPS) is 22.0. The Kier molecular flexibility index (Phi) is 7.64. The van der Waals surface area contributed by atoms with Crippen LogP contribution in [-0.4, -0.2) is 59.6 Å². The number of benzene rings is 3. The lowest BCUT2D eigenvalue weighted by Crippen LogP contribution is -2.52. The molecule has 0 spiro atoms. The van der Waals surface area contributed by atoms with E-state index in [0.29, 0.717) is 22.0 Å². The Bertz CT molecular complexity index is 1190. The molecule has 0 aliphatic carbocycles. The molecule has 2 saturated heterocycles. The fourth-order valence-electron chi connectivity index (χ4n) is 5.82. The molecule has 184 valence electrons. The molecule has 1 N–H and O–H groups in total. The highest BCUT2D eigenvalue weighted by Gasteiger charge is 2.34. The summed E-state index contributed by atoms with van der Waals surface area (Å²) in [6.07, 6.45) is 3.93. The van der Waals surface area contributed by atoms with Gasteiger partial charge in [0.15, 0.2) is 0 Å². The van der Waals surface area contributed by atoms with Crippen LogP contribution in [-0.2, 0) is 6.42 Å². The average Bonchev–Trinajstić information content (AvgIpc) is 2.90. The lowest BCUT2D eigenvalue weighted by Gasteiger charge is -2.44. The summed E-state index contributed by atoms with van der Waals surface area (Å²) in [5, 5.41) is 13.6. The number of amides is 1. The third kappa shape index (κ3) is 5.51. The van der Waals surface area contributed by atoms with Crippen LogP contribution in [0.5, 0.6) is 0 Å². The van der Waals surface area contributed by atoms with Gasteiger partial charge in [-0.3, -0.25) is 9.69 Å². The van der Waals surface area contributed by atoms with Gasteiger partial charge < -0.3 is 10.0 Å². The van der Waals surface area contributed by atoms with Gasteiger partial charge in [-0.2, -0.15) is 0 Å². The van der Waals surface area contributed by atoms with Gasteiger partial charge in [-0.15, -0.1) is 0 Å². The Balaban J connectivity index is 1.16. The summed E-state index contributed by atoms with van der Waals surface area (Å²) in [6, 6.07) is 20.5. The predicted octanol–water partition coefficient (Wildman–Crippen LogP) is 5.92. The van der Waals surface area contributed by atoms with Crippen molar-refractivity contribution < 1.29 is 9.90 Å². The van der Waals surface area contributed by atoms with Gasteiger partial charge in [0.2, 0.25) is 0 Å². The Morgan fingerprint density at radius 3 is 2.37 bits per heavy atom. The van der Waals surface area contributed by atoms with Crippen molar-refractivity contribution in [2.24, 2.45) is 11.8 Å². The average molecular weight is 511 g/mol. The molecule has 5 rings (SSSR count). The molecule has 1 amide bonds. The van der Waals surface area contributed by atoms with Crippen LogP contribution in [0.2, 0.25) is 10.0 Å². The molecule has 6 heteroatoms. The maximum absolute atomic E-state index is 13.1. The van der Waals surface area contributed by atoms with Gasteiger partial charge in [-0.05, 0) is 84.7 Å². The fourth-order valence-corrected chi connectivity index (χ4v) is 6.15. The number of halogens is 2. The van der Waals surface area contributed by atoms with E-state index in [1.807, 2.05) is 53.4 Å². The van der Waals surface area contributed by atoms with E-state index >= 15 is 0 Å². The van der Waals surface area contributed by atoms with E-state index in [2.05, 4.69) is 17.0 Å². The van der Waals surface area contributed by atoms with Crippen LogP contribution < -0.4 is 0 Å². The Labute approximate surface area is 217 Å². The lowest BCUT2D eigenvalue weighted by molar-refractivity contribution is 0.0242. The molecule has 2 atom stereocenters. The van der Waals surface area contributed by atoms with Crippen LogP contribution >= 0.6 is 23.2 Å². The summed E-state index contributed by atoms with van der Waals surface area (Å²) >= 11 is 12.3. The third-order valence-electron chi connectivity index (χ3n) is 7.90. The highest BCUT2D eigenvalue weighted by Crippen LogP contribution is 2.32. The second-order valence-corrected chi connectivity index (χ2v) is 10.8. The maximum Gasteiger partial charge on any atom is 0.253 e. The van der Waals surface area contributed by atoms with Gasteiger partial charge in [-0.1, -0.05) is 59.6 Å². The van der Waals surface area contributed by atoms with Crippen LogP contribution in [0.1, 0.15) is 35.2 Å². The van der Waals surface area contributed by atoms with Gasteiger partial charge >= 0.3 is 0 Å². The molecule has 4 nitrogen and oxygen atoms in total. The first-order valence-corrected chi connectivity index (χ1v) is 13.3. The van der Waals surface area contributed by atoms with E-state index in [1.54, 1.807) is 0 Å². The predicted molar refractivity (Wildman–Crippen MR) is 143 cm³/mol. The van der Waals surface area contributed by atoms with Crippen molar-refractivity contribution in [3.05, 3.63) is 81.8 Å². The van der Waals surface area contributed by atoms with Crippen LogP contribution in [0.15, 0.2) is 60.7 Å². The zero-order chi connectivity index (χ0) is 24.4. The van der Waals surface area contributed by atoms with Crippen molar-refractivity contribution in [3.63, 3.8) is 0 Å². The second-order valence-electron chi connectivity index (χ2n) is 10.0. The standard InChI is InChI=1S/C29H32Cl2N2O2/c30-27-8-5-20(16-28(27)31)15-23-9-12-33(18-25(23)19-34)26-10-13-32(14-11-26)29(35)24-7-6-21-3-1-2-4-22(21)17-24/h1-8,16-17,23,25-26,34H,9-15,18-19H2/t23?,25-/m0/s1. The molecular formula is C29H32Cl2N2O2. The van der Waals surface area contributed by atoms with Gasteiger partial charge in [-0.25, -0.2) is 0 Å². The second kappa shape index (κ2) is 10.9. The number of hydrogen-bond acceptors (Lipinski definition) is 3. The first-order chi connectivity index (χ1) is 17.0. The van der Waals surface area contributed by atoms with E-state index in [4.69, 9.17) is 23.2 Å². The first-order valence-electron chi connectivity index (χ1n) is 12.6. The van der Waals surface area contributed by atoms with Crippen molar-refractivity contribution >= 4 is 39.9 Å². The van der Waals surface area contributed by atoms with Crippen molar-refractivity contribution in [1.29, 1.82) is 0 Å². The quantitative estimate of drug-likeness (QED) is 0.462. The topological polar surface area (TPSA) is 43.8 Å². The van der Waals surface area contributed by atoms with E-state index < -0.39 is 0 Å². The maximum atomic E-state index is 13.1. The number of piperidine rings is 2. The monoisotopic (exact) mass is 510 g/mol. The highest BCUT2D eigenvalue weighted by molar-refractivity contribution is 6.42. The van der Waals surface area contributed by atoms with Gasteiger partial charge in [0.05, 0.1) is 10.0 Å². The zero-order valence-corrected chi connectivity index (χ0v) is 21.4. The molecule has 1 unspecified atom stereocenters. The highest BCUT2D eigenvalue weighted by atomic mass is 35.5. The molecule has 0 saturated carbocycles. The summed E-state index contributed by atoms with van der Waals surface area (Å²) in [6.45, 7) is 3.70. The minimum absolute atomic E-state index is 0.128. The van der Waals surface area contributed by atoms with E-state index in [9.17, 15) is 9.90 Å². The molecule has 3 aromatic carbocycles. The number of likely N-dealkylation sites (tertiary alicyclic amines) is 2. The minimum Gasteiger partial charge on any atom is -0.396 e. The van der Waals surface area contributed by atoms with Crippen LogP contribution in [0.25, 0.3) is 10.8 Å². The molecule has 0 radical (unpaired) electrons. The first kappa shape index (κ1) is 24.6. The number of carbonyl (C=O) groups excluding carboxylic acids is 1. The van der Waals surface area contributed by atoms with Crippen molar-refractivity contribution in [2.45, 2.75) is 31.7 Å². The number of nitrogens with zero attached hydrogens (tertiary/aromatic N) is 2. The molecule has 2 aliphatic heterocycles. The summed E-state index contributed by atoms with van der Waals surface area (Å²) < 4.78 is 0. The van der Waals surface area contributed by atoms with Crippen molar-refractivity contribution in [1.82, 2.24) is 9.80 Å². The Morgan fingerprint density at radius 2 is 1.63 bits per heavy atom. The number of carbonyl (C=O) groups is 1. The Morgan fingerprint density at radius 1 is 0.857 bits per heavy atom. The summed E-state index contributed by atoms with van der Waals surface area (Å²) in [7, 11) is 0. The largest absolute Gasteiger partial charge is 0.396 e. The molecule has 0 aromatic heterocycles. The SMILES string of the molecule is O=C(c1ccc2ccccc2c1)N1CCC(N2CCC(Cc3ccc(Cl)c(Cl)c3)[C@H](CO)C2)CC1. The van der Waals surface area contributed by atoms with Gasteiger partial charge in [0, 0.05) is 37.8 Å². The van der Waals surface area contributed by atoms with Crippen molar-refractivity contribution in [2.75, 3.05) is 32.8 Å². The third-order valence-corrected chi connectivity index (χ3v) is 8.64. The van der Waals surface area contributed by atoms with E-state index in [-0.39, 0.29) is 18.4 Å². The van der Waals surface area contributed by atoms with Gasteiger partial charge in [0.1, 0.15) is 0 Å². The number of rotatable bonds is 5. The molecular weight excluding hydrogens is 479 g/mol. The summed E-state index contributed by atoms with van der Waals surface area (Å²) in [5.41, 5.74) is 1.95. The molecule has 3 aromatic rings. The Hall–Kier alpha value is -2.11. The van der Waals surface area contributed by atoms with Gasteiger partial charge in [0.25, 0.3) is 5.91 Å². The van der Waals surface area contributed by atoms with Crippen LogP contribution in [0.4, 0.5) is 0 Å². The molecule has 35 heavy (non-hydrogen) atoms. The smallest absolute Gasteiger partial charge is 0.253 e. The lowest BCUT2D eigenvalue weighted by atomic mass is 9.80. The molecule has 2 heterocycles. The number of aliphatic hydroxyl groups excluding tert-OH is 1. The van der Waals surface area contributed by atoms with E-state index in [0.717, 1.165) is 68.2 Å². The molecule has 2 fully saturated rings. The van der Waals surface area contributed by atoms with Crippen LogP contribution in [0.3, 0.4) is 0 Å². The van der Waals surface area contributed by atoms with Crippen LogP contribution in [0, 0.1) is 11.8 Å². The number of aliphatic hydroxyl groups is 1. The molecule has 0 bridgehead atoms. The zero-order valence-electron chi connectivity index (χ0n) is 19.9. The fraction of sp³-hybridized carbons (Fsp3) is 0.414. The summed E-state index contributed by atoms with van der Waals surface area (Å²) in [5.74, 6) is 0.807. The van der Waals surface area contributed by atoms with E-state index in [1.165, 1.54) is 5.56 Å². The minimum atomic E-state index is 0.128. The summed E-state index contributed by atoms with van der Waals surface area (Å²) in [4.78, 5) is 17.7. The molecule has 2 aliphatic rings.